The summed E-state index contributed by atoms with van der Waals surface area (Å²) in [6.45, 7) is 10.8. The molecule has 0 saturated carbocycles. The average molecular weight is 269 g/mol. The highest BCUT2D eigenvalue weighted by Crippen LogP contribution is 2.17. The molecule has 2 unspecified atom stereocenters. The standard InChI is InChI=1S/C15H31N3O/c1-4-6-7-14(5-2)15(19)18-10-8-17(9-11-18)13(3)12-16/h13-14H,4-12,16H2,1-3H3. The van der Waals surface area contributed by atoms with Crippen LogP contribution in [0, 0.1) is 5.92 Å². The van der Waals surface area contributed by atoms with Crippen molar-refractivity contribution < 1.29 is 4.79 Å². The minimum atomic E-state index is 0.235. The molecule has 1 saturated heterocycles. The van der Waals surface area contributed by atoms with Crippen molar-refractivity contribution in [2.45, 2.75) is 52.5 Å². The molecule has 0 aromatic rings. The maximum atomic E-state index is 12.5. The number of amides is 1. The van der Waals surface area contributed by atoms with Crippen LogP contribution in [0.3, 0.4) is 0 Å². The maximum Gasteiger partial charge on any atom is 0.225 e. The summed E-state index contributed by atoms with van der Waals surface area (Å²) in [7, 11) is 0. The van der Waals surface area contributed by atoms with Crippen LogP contribution in [0.15, 0.2) is 0 Å². The lowest BCUT2D eigenvalue weighted by Crippen LogP contribution is -2.53. The average Bonchev–Trinajstić information content (AvgIpc) is 2.47. The van der Waals surface area contributed by atoms with Gasteiger partial charge in [-0.25, -0.2) is 0 Å². The first-order chi connectivity index (χ1) is 9.13. The van der Waals surface area contributed by atoms with Crippen LogP contribution in [0.1, 0.15) is 46.5 Å². The van der Waals surface area contributed by atoms with Gasteiger partial charge in [0.1, 0.15) is 0 Å². The number of hydrogen-bond donors (Lipinski definition) is 1. The van der Waals surface area contributed by atoms with E-state index in [2.05, 4.69) is 30.6 Å². The molecule has 0 aromatic carbocycles. The molecule has 1 aliphatic heterocycles. The molecule has 0 radical (unpaired) electrons. The molecular weight excluding hydrogens is 238 g/mol. The maximum absolute atomic E-state index is 12.5. The van der Waals surface area contributed by atoms with Crippen molar-refractivity contribution in [3.05, 3.63) is 0 Å². The van der Waals surface area contributed by atoms with E-state index in [1.165, 1.54) is 6.42 Å². The van der Waals surface area contributed by atoms with Gasteiger partial charge in [-0.2, -0.15) is 0 Å². The van der Waals surface area contributed by atoms with Crippen LogP contribution in [0.2, 0.25) is 0 Å². The fraction of sp³-hybridized carbons (Fsp3) is 0.933. The number of nitrogens with two attached hydrogens (primary N) is 1. The molecule has 2 atom stereocenters. The number of piperazine rings is 1. The van der Waals surface area contributed by atoms with Crippen LogP contribution < -0.4 is 5.73 Å². The molecule has 1 rings (SSSR count). The van der Waals surface area contributed by atoms with E-state index in [0.717, 1.165) is 45.4 Å². The highest BCUT2D eigenvalue weighted by Gasteiger charge is 2.27. The monoisotopic (exact) mass is 269 g/mol. The second-order valence-corrected chi connectivity index (χ2v) is 5.69. The van der Waals surface area contributed by atoms with Crippen LogP contribution in [0.4, 0.5) is 0 Å². The highest BCUT2D eigenvalue weighted by molar-refractivity contribution is 5.78. The van der Waals surface area contributed by atoms with Crippen LogP contribution >= 0.6 is 0 Å². The zero-order valence-corrected chi connectivity index (χ0v) is 12.9. The van der Waals surface area contributed by atoms with Crippen molar-refractivity contribution in [2.24, 2.45) is 11.7 Å². The number of nitrogens with zero attached hydrogens (tertiary/aromatic N) is 2. The summed E-state index contributed by atoms with van der Waals surface area (Å²) in [4.78, 5) is 16.9. The van der Waals surface area contributed by atoms with E-state index in [4.69, 9.17) is 5.73 Å². The molecule has 0 bridgehead atoms. The normalized spacial score (nSPS) is 20.3. The summed E-state index contributed by atoms with van der Waals surface area (Å²) in [5.41, 5.74) is 5.70. The minimum absolute atomic E-state index is 0.235. The van der Waals surface area contributed by atoms with E-state index in [9.17, 15) is 4.79 Å². The third-order valence-corrected chi connectivity index (χ3v) is 4.34. The molecule has 112 valence electrons. The van der Waals surface area contributed by atoms with Gasteiger partial charge in [-0.05, 0) is 19.8 Å². The molecular formula is C15H31N3O. The summed E-state index contributed by atoms with van der Waals surface area (Å²) in [5, 5.41) is 0. The van der Waals surface area contributed by atoms with Crippen molar-refractivity contribution in [2.75, 3.05) is 32.7 Å². The van der Waals surface area contributed by atoms with E-state index >= 15 is 0 Å². The Balaban J connectivity index is 2.42. The molecule has 0 aromatic heterocycles. The Morgan fingerprint density at radius 3 is 2.32 bits per heavy atom. The van der Waals surface area contributed by atoms with E-state index in [1.807, 2.05) is 0 Å². The van der Waals surface area contributed by atoms with Gasteiger partial charge in [-0.15, -0.1) is 0 Å². The van der Waals surface area contributed by atoms with Gasteiger partial charge in [-0.3, -0.25) is 9.69 Å². The Kier molecular flexibility index (Phi) is 7.39. The molecule has 4 nitrogen and oxygen atoms in total. The van der Waals surface area contributed by atoms with Crippen molar-refractivity contribution in [1.29, 1.82) is 0 Å². The van der Waals surface area contributed by atoms with Crippen molar-refractivity contribution in [1.82, 2.24) is 9.80 Å². The number of hydrogen-bond acceptors (Lipinski definition) is 3. The minimum Gasteiger partial charge on any atom is -0.340 e. The summed E-state index contributed by atoms with van der Waals surface area (Å²) in [6, 6.07) is 0.430. The zero-order valence-electron chi connectivity index (χ0n) is 12.9. The Bertz CT molecular complexity index is 262. The van der Waals surface area contributed by atoms with Crippen LogP contribution in [-0.4, -0.2) is 54.5 Å². The van der Waals surface area contributed by atoms with Gasteiger partial charge in [0, 0.05) is 44.7 Å². The number of carbonyl (C=O) groups is 1. The predicted octanol–water partition coefficient (Wildman–Crippen LogP) is 1.69. The van der Waals surface area contributed by atoms with Crippen LogP contribution in [-0.2, 0) is 4.79 Å². The van der Waals surface area contributed by atoms with E-state index in [0.29, 0.717) is 18.5 Å². The molecule has 0 spiro atoms. The van der Waals surface area contributed by atoms with Crippen molar-refractivity contribution >= 4 is 5.91 Å². The lowest BCUT2D eigenvalue weighted by Gasteiger charge is -2.39. The van der Waals surface area contributed by atoms with E-state index in [1.54, 1.807) is 0 Å². The van der Waals surface area contributed by atoms with Gasteiger partial charge in [0.05, 0.1) is 0 Å². The van der Waals surface area contributed by atoms with Crippen LogP contribution in [0.25, 0.3) is 0 Å². The van der Waals surface area contributed by atoms with E-state index < -0.39 is 0 Å². The first kappa shape index (κ1) is 16.4. The summed E-state index contributed by atoms with van der Waals surface area (Å²) in [6.07, 6.45) is 4.35. The molecule has 4 heteroatoms. The summed E-state index contributed by atoms with van der Waals surface area (Å²) in [5.74, 6) is 0.606. The Morgan fingerprint density at radius 2 is 1.84 bits per heavy atom. The topological polar surface area (TPSA) is 49.6 Å². The summed E-state index contributed by atoms with van der Waals surface area (Å²) < 4.78 is 0. The van der Waals surface area contributed by atoms with E-state index in [-0.39, 0.29) is 5.92 Å². The second kappa shape index (κ2) is 8.54. The Labute approximate surface area is 118 Å². The van der Waals surface area contributed by atoms with Gasteiger partial charge in [0.15, 0.2) is 0 Å². The van der Waals surface area contributed by atoms with Crippen molar-refractivity contribution in [3.63, 3.8) is 0 Å². The van der Waals surface area contributed by atoms with Gasteiger partial charge in [-0.1, -0.05) is 26.7 Å². The van der Waals surface area contributed by atoms with Gasteiger partial charge < -0.3 is 10.6 Å². The molecule has 19 heavy (non-hydrogen) atoms. The number of unbranched alkanes of at least 4 members (excludes halogenated alkanes) is 1. The smallest absolute Gasteiger partial charge is 0.225 e. The lowest BCUT2D eigenvalue weighted by molar-refractivity contribution is -0.138. The zero-order chi connectivity index (χ0) is 14.3. The Hall–Kier alpha value is -0.610. The predicted molar refractivity (Wildman–Crippen MR) is 80.0 cm³/mol. The number of rotatable bonds is 7. The van der Waals surface area contributed by atoms with Crippen LogP contribution in [0.5, 0.6) is 0 Å². The first-order valence-electron chi connectivity index (χ1n) is 7.86. The highest BCUT2D eigenvalue weighted by atomic mass is 16.2. The quantitative estimate of drug-likeness (QED) is 0.765. The van der Waals surface area contributed by atoms with Gasteiger partial charge >= 0.3 is 0 Å². The first-order valence-corrected chi connectivity index (χ1v) is 7.86. The molecule has 2 N–H and O–H groups in total. The fourth-order valence-electron chi connectivity index (χ4n) is 2.74. The molecule has 1 fully saturated rings. The molecule has 0 aliphatic carbocycles. The lowest BCUT2D eigenvalue weighted by atomic mass is 9.97. The Morgan fingerprint density at radius 1 is 1.21 bits per heavy atom. The summed E-state index contributed by atoms with van der Waals surface area (Å²) >= 11 is 0. The second-order valence-electron chi connectivity index (χ2n) is 5.69. The molecule has 1 aliphatic rings. The SMILES string of the molecule is CCCCC(CC)C(=O)N1CCN(C(C)CN)CC1. The molecule has 1 amide bonds. The number of carbonyl (C=O) groups excluding carboxylic acids is 1. The third kappa shape index (κ3) is 4.77. The largest absolute Gasteiger partial charge is 0.340 e. The fourth-order valence-corrected chi connectivity index (χ4v) is 2.74. The van der Waals surface area contributed by atoms with Gasteiger partial charge in [0.25, 0.3) is 0 Å². The van der Waals surface area contributed by atoms with Gasteiger partial charge in [0.2, 0.25) is 5.91 Å². The molecule has 1 heterocycles. The third-order valence-electron chi connectivity index (χ3n) is 4.34. The van der Waals surface area contributed by atoms with Crippen molar-refractivity contribution in [3.8, 4) is 0 Å².